The minimum absolute atomic E-state index is 0.0122. The number of hydrogen-bond acceptors (Lipinski definition) is 3. The number of hydrogen-bond donors (Lipinski definition) is 1. The predicted octanol–water partition coefficient (Wildman–Crippen LogP) is 3.21. The van der Waals surface area contributed by atoms with Gasteiger partial charge in [-0.05, 0) is 26.8 Å². The summed E-state index contributed by atoms with van der Waals surface area (Å²) < 4.78 is 0. The van der Waals surface area contributed by atoms with Crippen LogP contribution in [0.15, 0.2) is 36.4 Å². The third-order valence-corrected chi connectivity index (χ3v) is 2.60. The zero-order valence-corrected chi connectivity index (χ0v) is 10.2. The normalized spacial score (nSPS) is 12.8. The molecular formula is C13H18N2O2. The van der Waals surface area contributed by atoms with Crippen molar-refractivity contribution in [2.24, 2.45) is 0 Å². The Labute approximate surface area is 101 Å². The van der Waals surface area contributed by atoms with Gasteiger partial charge in [-0.15, -0.1) is 0 Å². The Morgan fingerprint density at radius 1 is 1.47 bits per heavy atom. The Balaban J connectivity index is 2.68. The first-order chi connectivity index (χ1) is 8.16. The largest absolute Gasteiger partial charge is 0.310 e. The third kappa shape index (κ3) is 4.00. The van der Waals surface area contributed by atoms with Gasteiger partial charge in [-0.1, -0.05) is 30.4 Å². The van der Waals surface area contributed by atoms with Gasteiger partial charge in [0.1, 0.15) is 0 Å². The van der Waals surface area contributed by atoms with E-state index in [-0.39, 0.29) is 16.7 Å². The smallest absolute Gasteiger partial charge is 0.274 e. The van der Waals surface area contributed by atoms with Gasteiger partial charge in [0.2, 0.25) is 0 Å². The van der Waals surface area contributed by atoms with Gasteiger partial charge in [-0.3, -0.25) is 10.1 Å². The summed E-state index contributed by atoms with van der Waals surface area (Å²) in [4.78, 5) is 10.5. The molecule has 1 rings (SSSR count). The molecule has 0 aliphatic heterocycles. The molecule has 0 fully saturated rings. The van der Waals surface area contributed by atoms with Crippen LogP contribution in [0.4, 0.5) is 5.69 Å². The van der Waals surface area contributed by atoms with Gasteiger partial charge in [-0.25, -0.2) is 0 Å². The van der Waals surface area contributed by atoms with E-state index in [4.69, 9.17) is 0 Å². The van der Waals surface area contributed by atoms with Crippen molar-refractivity contribution < 1.29 is 4.92 Å². The Kier molecular flexibility index (Phi) is 5.36. The van der Waals surface area contributed by atoms with Gasteiger partial charge in [0.05, 0.1) is 4.92 Å². The second kappa shape index (κ2) is 6.81. The number of para-hydroxylation sites is 1. The molecule has 0 saturated heterocycles. The maximum absolute atomic E-state index is 10.9. The van der Waals surface area contributed by atoms with Gasteiger partial charge in [-0.2, -0.15) is 0 Å². The number of nitrogens with one attached hydrogen (secondary N) is 1. The highest BCUT2D eigenvalue weighted by Gasteiger charge is 2.16. The number of allylic oxidation sites excluding steroid dienone is 1. The first-order valence-electron chi connectivity index (χ1n) is 5.74. The molecule has 1 unspecified atom stereocenters. The lowest BCUT2D eigenvalue weighted by molar-refractivity contribution is -0.385. The quantitative estimate of drug-likeness (QED) is 0.356. The molecule has 0 amide bonds. The van der Waals surface area contributed by atoms with Crippen molar-refractivity contribution in [1.82, 2.24) is 5.32 Å². The lowest BCUT2D eigenvalue weighted by atomic mass is 10.1. The van der Waals surface area contributed by atoms with E-state index in [9.17, 15) is 10.1 Å². The summed E-state index contributed by atoms with van der Waals surface area (Å²) in [6, 6.07) is 6.84. The Morgan fingerprint density at radius 2 is 2.18 bits per heavy atom. The zero-order chi connectivity index (χ0) is 12.7. The van der Waals surface area contributed by atoms with Gasteiger partial charge < -0.3 is 5.32 Å². The average Bonchev–Trinajstić information content (AvgIpc) is 2.34. The number of nitro groups is 1. The van der Waals surface area contributed by atoms with Crippen LogP contribution in [-0.4, -0.2) is 11.5 Å². The molecule has 0 bridgehead atoms. The van der Waals surface area contributed by atoms with Gasteiger partial charge in [0, 0.05) is 17.7 Å². The van der Waals surface area contributed by atoms with E-state index in [1.807, 2.05) is 26.0 Å². The lowest BCUT2D eigenvalue weighted by Crippen LogP contribution is -2.20. The zero-order valence-electron chi connectivity index (χ0n) is 10.2. The predicted molar refractivity (Wildman–Crippen MR) is 68.9 cm³/mol. The third-order valence-electron chi connectivity index (χ3n) is 2.60. The van der Waals surface area contributed by atoms with Crippen molar-refractivity contribution >= 4 is 5.69 Å². The van der Waals surface area contributed by atoms with Crippen LogP contribution in [-0.2, 0) is 0 Å². The highest BCUT2D eigenvalue weighted by atomic mass is 16.6. The van der Waals surface area contributed by atoms with Crippen LogP contribution in [0.1, 0.15) is 31.9 Å². The van der Waals surface area contributed by atoms with E-state index in [1.165, 1.54) is 0 Å². The molecule has 0 aliphatic carbocycles. The van der Waals surface area contributed by atoms with E-state index in [0.29, 0.717) is 0 Å². The molecule has 1 aromatic carbocycles. The molecule has 0 aliphatic rings. The van der Waals surface area contributed by atoms with Crippen LogP contribution in [0, 0.1) is 10.1 Å². The van der Waals surface area contributed by atoms with E-state index < -0.39 is 0 Å². The first kappa shape index (κ1) is 13.4. The maximum atomic E-state index is 10.9. The van der Waals surface area contributed by atoms with E-state index in [2.05, 4.69) is 11.4 Å². The van der Waals surface area contributed by atoms with Crippen LogP contribution in [0.3, 0.4) is 0 Å². The average molecular weight is 234 g/mol. The van der Waals surface area contributed by atoms with E-state index >= 15 is 0 Å². The van der Waals surface area contributed by atoms with Crippen LogP contribution in [0.25, 0.3) is 0 Å². The SMILES string of the molecule is C/C=C/CCNC(C)c1ccccc1[N+](=O)[O-]. The number of nitrogens with zero attached hydrogens (tertiary/aromatic N) is 1. The summed E-state index contributed by atoms with van der Waals surface area (Å²) in [6.07, 6.45) is 5.00. The molecule has 1 atom stereocenters. The molecule has 0 radical (unpaired) electrons. The van der Waals surface area contributed by atoms with Gasteiger partial charge >= 0.3 is 0 Å². The number of rotatable bonds is 6. The summed E-state index contributed by atoms with van der Waals surface area (Å²) >= 11 is 0. The topological polar surface area (TPSA) is 55.2 Å². The van der Waals surface area contributed by atoms with Crippen LogP contribution in [0.2, 0.25) is 0 Å². The lowest BCUT2D eigenvalue weighted by Gasteiger charge is -2.13. The fourth-order valence-electron chi connectivity index (χ4n) is 1.68. The molecule has 0 aromatic heterocycles. The van der Waals surface area contributed by atoms with Crippen molar-refractivity contribution in [1.29, 1.82) is 0 Å². The van der Waals surface area contributed by atoms with Gasteiger partial charge in [0.25, 0.3) is 5.69 Å². The summed E-state index contributed by atoms with van der Waals surface area (Å²) in [5.41, 5.74) is 0.913. The van der Waals surface area contributed by atoms with Crippen LogP contribution < -0.4 is 5.32 Å². The summed E-state index contributed by atoms with van der Waals surface area (Å²) in [6.45, 7) is 4.74. The minimum Gasteiger partial charge on any atom is -0.310 e. The van der Waals surface area contributed by atoms with Crippen molar-refractivity contribution in [3.8, 4) is 0 Å². The van der Waals surface area contributed by atoms with E-state index in [0.717, 1.165) is 18.5 Å². The molecule has 0 saturated carbocycles. The molecule has 17 heavy (non-hydrogen) atoms. The van der Waals surface area contributed by atoms with Crippen molar-refractivity contribution in [3.63, 3.8) is 0 Å². The fraction of sp³-hybridized carbons (Fsp3) is 0.385. The molecular weight excluding hydrogens is 216 g/mol. The first-order valence-corrected chi connectivity index (χ1v) is 5.74. The Hall–Kier alpha value is -1.68. The minimum atomic E-state index is -0.334. The highest BCUT2D eigenvalue weighted by molar-refractivity contribution is 5.41. The molecule has 92 valence electrons. The highest BCUT2D eigenvalue weighted by Crippen LogP contribution is 2.24. The molecule has 4 nitrogen and oxygen atoms in total. The van der Waals surface area contributed by atoms with Crippen molar-refractivity contribution in [3.05, 3.63) is 52.1 Å². The van der Waals surface area contributed by atoms with Crippen molar-refractivity contribution in [2.75, 3.05) is 6.54 Å². The number of nitro benzene ring substituents is 1. The summed E-state index contributed by atoms with van der Waals surface area (Å²) in [7, 11) is 0. The van der Waals surface area contributed by atoms with Crippen molar-refractivity contribution in [2.45, 2.75) is 26.3 Å². The summed E-state index contributed by atoms with van der Waals surface area (Å²) in [5.74, 6) is 0. The Morgan fingerprint density at radius 3 is 2.82 bits per heavy atom. The maximum Gasteiger partial charge on any atom is 0.274 e. The second-order valence-electron chi connectivity index (χ2n) is 3.85. The second-order valence-corrected chi connectivity index (χ2v) is 3.85. The van der Waals surface area contributed by atoms with Crippen LogP contribution >= 0.6 is 0 Å². The molecule has 0 heterocycles. The molecule has 1 N–H and O–H groups in total. The summed E-state index contributed by atoms with van der Waals surface area (Å²) in [5, 5.41) is 14.1. The van der Waals surface area contributed by atoms with E-state index in [1.54, 1.807) is 18.2 Å². The Bertz CT molecular complexity index is 402. The van der Waals surface area contributed by atoms with Gasteiger partial charge in [0.15, 0.2) is 0 Å². The monoisotopic (exact) mass is 234 g/mol. The fourth-order valence-corrected chi connectivity index (χ4v) is 1.68. The van der Waals surface area contributed by atoms with Crippen LogP contribution in [0.5, 0.6) is 0 Å². The standard InChI is InChI=1S/C13H18N2O2/c1-3-4-7-10-14-11(2)12-8-5-6-9-13(12)15(16)17/h3-6,8-9,11,14H,7,10H2,1-2H3/b4-3+. The molecule has 0 spiro atoms. The number of benzene rings is 1. The molecule has 1 aromatic rings. The molecule has 4 heteroatoms.